The van der Waals surface area contributed by atoms with Crippen molar-refractivity contribution in [3.8, 4) is 0 Å². The zero-order valence-electron chi connectivity index (χ0n) is 17.8. The van der Waals surface area contributed by atoms with Gasteiger partial charge in [-0.05, 0) is 49.7 Å². The first kappa shape index (κ1) is 21.2. The molecule has 0 radical (unpaired) electrons. The molecule has 9 heteroatoms. The SMILES string of the molecule is CC(C)(N)C(=O)N1CCN2C(=NC3(c4ccc(F)cc4)C(Nc4ccc(F)c(Cl)c4)C23)C1. The normalized spacial score (nSPS) is 26.4. The number of nitrogens with one attached hydrogen (secondary N) is 1. The molecule has 1 saturated heterocycles. The van der Waals surface area contributed by atoms with E-state index in [2.05, 4.69) is 10.2 Å². The molecule has 5 rings (SSSR count). The van der Waals surface area contributed by atoms with Crippen LogP contribution in [0.2, 0.25) is 5.02 Å². The van der Waals surface area contributed by atoms with Crippen LogP contribution in [0.1, 0.15) is 19.4 Å². The predicted molar refractivity (Wildman–Crippen MR) is 120 cm³/mol. The van der Waals surface area contributed by atoms with E-state index >= 15 is 0 Å². The number of amides is 1. The number of halogens is 3. The Bertz CT molecular complexity index is 1120. The van der Waals surface area contributed by atoms with Crippen molar-refractivity contribution in [3.05, 3.63) is 64.7 Å². The minimum Gasteiger partial charge on any atom is -0.377 e. The van der Waals surface area contributed by atoms with Crippen LogP contribution in [0.3, 0.4) is 0 Å². The number of carbonyl (C=O) groups is 1. The van der Waals surface area contributed by atoms with Gasteiger partial charge >= 0.3 is 0 Å². The van der Waals surface area contributed by atoms with Gasteiger partial charge in [0.1, 0.15) is 23.0 Å². The average Bonchev–Trinajstić information content (AvgIpc) is 3.21. The topological polar surface area (TPSA) is 74.0 Å². The van der Waals surface area contributed by atoms with E-state index in [1.807, 2.05) is 0 Å². The summed E-state index contributed by atoms with van der Waals surface area (Å²) < 4.78 is 27.2. The number of nitrogens with two attached hydrogens (primary N) is 1. The molecule has 2 aliphatic heterocycles. The largest absolute Gasteiger partial charge is 0.377 e. The highest BCUT2D eigenvalue weighted by atomic mass is 35.5. The number of fused-ring (bicyclic) bond motifs is 3. The van der Waals surface area contributed by atoms with Crippen LogP contribution in [-0.4, -0.2) is 58.8 Å². The molecule has 1 saturated carbocycles. The number of piperazine rings is 1. The van der Waals surface area contributed by atoms with E-state index < -0.39 is 16.9 Å². The number of hydrogen-bond acceptors (Lipinski definition) is 5. The van der Waals surface area contributed by atoms with Gasteiger partial charge in [-0.1, -0.05) is 23.7 Å². The zero-order valence-corrected chi connectivity index (χ0v) is 18.5. The first-order valence-electron chi connectivity index (χ1n) is 10.5. The van der Waals surface area contributed by atoms with E-state index in [0.29, 0.717) is 25.3 Å². The lowest BCUT2D eigenvalue weighted by Gasteiger charge is -2.38. The Labute approximate surface area is 190 Å². The lowest BCUT2D eigenvalue weighted by atomic mass is 10.0. The predicted octanol–water partition coefficient (Wildman–Crippen LogP) is 2.97. The van der Waals surface area contributed by atoms with Crippen molar-refractivity contribution in [2.45, 2.75) is 37.0 Å². The monoisotopic (exact) mass is 459 g/mol. The van der Waals surface area contributed by atoms with Crippen molar-refractivity contribution >= 4 is 29.0 Å². The van der Waals surface area contributed by atoms with E-state index in [4.69, 9.17) is 22.3 Å². The lowest BCUT2D eigenvalue weighted by molar-refractivity contribution is -0.135. The summed E-state index contributed by atoms with van der Waals surface area (Å²) in [7, 11) is 0. The van der Waals surface area contributed by atoms with E-state index in [1.165, 1.54) is 18.2 Å². The summed E-state index contributed by atoms with van der Waals surface area (Å²) in [6, 6.07) is 10.7. The van der Waals surface area contributed by atoms with E-state index in [0.717, 1.165) is 11.4 Å². The van der Waals surface area contributed by atoms with Crippen molar-refractivity contribution in [3.63, 3.8) is 0 Å². The Kier molecular flexibility index (Phi) is 4.73. The van der Waals surface area contributed by atoms with Gasteiger partial charge < -0.3 is 20.9 Å². The highest BCUT2D eigenvalue weighted by Gasteiger charge is 2.73. The van der Waals surface area contributed by atoms with E-state index in [9.17, 15) is 13.6 Å². The molecule has 2 aromatic carbocycles. The fraction of sp³-hybridized carbons (Fsp3) is 0.391. The second kappa shape index (κ2) is 7.15. The van der Waals surface area contributed by atoms with Gasteiger partial charge in [0.05, 0.1) is 29.2 Å². The Morgan fingerprint density at radius 2 is 1.94 bits per heavy atom. The fourth-order valence-electron chi connectivity index (χ4n) is 4.89. The molecule has 3 aliphatic rings. The van der Waals surface area contributed by atoms with Crippen LogP contribution >= 0.6 is 11.6 Å². The van der Waals surface area contributed by atoms with Gasteiger partial charge in [-0.25, -0.2) is 8.78 Å². The number of anilines is 1. The highest BCUT2D eigenvalue weighted by Crippen LogP contribution is 2.58. The molecule has 0 bridgehead atoms. The van der Waals surface area contributed by atoms with Crippen molar-refractivity contribution in [2.24, 2.45) is 10.7 Å². The molecule has 0 spiro atoms. The standard InChI is InChI=1S/C23H24ClF2N5O/c1-22(2,27)21(32)30-9-10-31-18(12-30)29-23(13-3-5-14(25)6-4-13)19(20(23)31)28-15-7-8-17(26)16(24)11-15/h3-8,11,19-20,28H,9-10,12,27H2,1-2H3. The van der Waals surface area contributed by atoms with Crippen LogP contribution < -0.4 is 11.1 Å². The zero-order chi connectivity index (χ0) is 22.8. The maximum Gasteiger partial charge on any atom is 0.242 e. The third kappa shape index (κ3) is 3.24. The van der Waals surface area contributed by atoms with Crippen LogP contribution in [0, 0.1) is 11.6 Å². The van der Waals surface area contributed by atoms with Crippen LogP contribution in [0.4, 0.5) is 14.5 Å². The summed E-state index contributed by atoms with van der Waals surface area (Å²) in [5, 5.41) is 3.48. The van der Waals surface area contributed by atoms with Crippen LogP contribution in [0.5, 0.6) is 0 Å². The minimum atomic E-state index is -0.954. The second-order valence-corrected chi connectivity index (χ2v) is 9.60. The van der Waals surface area contributed by atoms with Crippen molar-refractivity contribution in [1.29, 1.82) is 0 Å². The van der Waals surface area contributed by atoms with E-state index in [1.54, 1.807) is 43.0 Å². The lowest BCUT2D eigenvalue weighted by Crippen LogP contribution is -2.59. The molecule has 6 nitrogen and oxygen atoms in total. The Hall–Kier alpha value is -2.71. The summed E-state index contributed by atoms with van der Waals surface area (Å²) in [4.78, 5) is 21.7. The second-order valence-electron chi connectivity index (χ2n) is 9.20. The molecule has 32 heavy (non-hydrogen) atoms. The van der Waals surface area contributed by atoms with Crippen molar-refractivity contribution in [2.75, 3.05) is 25.0 Å². The third-order valence-electron chi connectivity index (χ3n) is 6.44. The number of carbonyl (C=O) groups excluding carboxylic acids is 1. The summed E-state index contributed by atoms with van der Waals surface area (Å²) in [5.74, 6) is -0.0990. The Morgan fingerprint density at radius 1 is 1.22 bits per heavy atom. The molecule has 3 N–H and O–H groups in total. The third-order valence-corrected chi connectivity index (χ3v) is 6.73. The highest BCUT2D eigenvalue weighted by molar-refractivity contribution is 6.31. The summed E-state index contributed by atoms with van der Waals surface area (Å²) in [6.07, 6.45) is 0. The molecule has 2 heterocycles. The number of hydrogen-bond donors (Lipinski definition) is 2. The summed E-state index contributed by atoms with van der Waals surface area (Å²) >= 11 is 5.96. The van der Waals surface area contributed by atoms with Crippen LogP contribution in [-0.2, 0) is 10.3 Å². The number of benzene rings is 2. The molecule has 2 aromatic rings. The van der Waals surface area contributed by atoms with Crippen LogP contribution in [0.15, 0.2) is 47.5 Å². The molecular weight excluding hydrogens is 436 g/mol. The van der Waals surface area contributed by atoms with Gasteiger partial charge in [0, 0.05) is 18.8 Å². The maximum absolute atomic E-state index is 13.6. The molecule has 168 valence electrons. The van der Waals surface area contributed by atoms with Gasteiger partial charge in [-0.3, -0.25) is 9.79 Å². The average molecular weight is 460 g/mol. The Balaban J connectivity index is 1.47. The van der Waals surface area contributed by atoms with Gasteiger partial charge in [0.25, 0.3) is 0 Å². The molecule has 1 amide bonds. The minimum absolute atomic E-state index is 0.00470. The van der Waals surface area contributed by atoms with Gasteiger partial charge in [-0.15, -0.1) is 0 Å². The molecule has 0 aromatic heterocycles. The molecule has 1 aliphatic carbocycles. The number of amidine groups is 1. The van der Waals surface area contributed by atoms with E-state index in [-0.39, 0.29) is 28.8 Å². The molecule has 2 fully saturated rings. The summed E-state index contributed by atoms with van der Waals surface area (Å²) in [5.41, 5.74) is 6.01. The summed E-state index contributed by atoms with van der Waals surface area (Å²) in [6.45, 7) is 4.95. The fourth-order valence-corrected chi connectivity index (χ4v) is 5.07. The van der Waals surface area contributed by atoms with Gasteiger partial charge in [0.15, 0.2) is 0 Å². The number of rotatable bonds is 4. The number of aliphatic imine (C=N–C) groups is 1. The Morgan fingerprint density at radius 3 is 2.59 bits per heavy atom. The first-order chi connectivity index (χ1) is 15.1. The van der Waals surface area contributed by atoms with Gasteiger partial charge in [0.2, 0.25) is 5.91 Å². The molecule has 3 atom stereocenters. The smallest absolute Gasteiger partial charge is 0.242 e. The number of nitrogens with zero attached hydrogens (tertiary/aromatic N) is 3. The van der Waals surface area contributed by atoms with Gasteiger partial charge in [-0.2, -0.15) is 0 Å². The quantitative estimate of drug-likeness (QED) is 0.737. The van der Waals surface area contributed by atoms with Crippen molar-refractivity contribution < 1.29 is 13.6 Å². The van der Waals surface area contributed by atoms with Crippen LogP contribution in [0.25, 0.3) is 0 Å². The molecular formula is C23H24ClF2N5O. The molecule has 3 unspecified atom stereocenters. The maximum atomic E-state index is 13.6. The first-order valence-corrected chi connectivity index (χ1v) is 10.9. The van der Waals surface area contributed by atoms with Crippen molar-refractivity contribution in [1.82, 2.24) is 9.80 Å².